The Morgan fingerprint density at radius 2 is 2.25 bits per heavy atom. The van der Waals surface area contributed by atoms with Crippen LogP contribution in [0.25, 0.3) is 0 Å². The lowest BCUT2D eigenvalue weighted by Crippen LogP contribution is -1.88. The molecule has 0 bridgehead atoms. The van der Waals surface area contributed by atoms with E-state index in [1.807, 2.05) is 0 Å². The predicted molar refractivity (Wildman–Crippen MR) is 29.7 cm³/mol. The molecule has 0 saturated carbocycles. The summed E-state index contributed by atoms with van der Waals surface area (Å²) in [5, 5.41) is 15.4. The average molecular weight is 118 g/mol. The molecule has 2 N–H and O–H groups in total. The molecule has 0 aromatic rings. The number of hydrogen-bond donors (Lipinski definition) is 2. The maximum atomic E-state index is 8.08. The van der Waals surface area contributed by atoms with Gasteiger partial charge in [-0.05, 0) is 0 Å². The Labute approximate surface area is 48.2 Å². The fourth-order valence-corrected chi connectivity index (χ4v) is 0.173. The zero-order valence-corrected chi connectivity index (χ0v) is 4.58. The van der Waals surface area contributed by atoms with E-state index in [0.717, 1.165) is 12.9 Å². The average Bonchev–Trinajstić information content (AvgIpc) is 2.48. The quantitative estimate of drug-likeness (QED) is 0.378. The number of hydrogen-bond acceptors (Lipinski definition) is 3. The van der Waals surface area contributed by atoms with Gasteiger partial charge in [-0.25, -0.2) is 0 Å². The van der Waals surface area contributed by atoms with Gasteiger partial charge in [-0.15, -0.1) is 0 Å². The molecule has 1 unspecified atom stereocenters. The fraction of sp³-hybridized carbons (Fsp3) is 0.600. The summed E-state index contributed by atoms with van der Waals surface area (Å²) in [4.78, 5) is 0. The largest absolute Gasteiger partial charge is 0.516 e. The fourth-order valence-electron chi connectivity index (χ4n) is 0.173. The molecule has 1 aliphatic heterocycles. The first-order valence-corrected chi connectivity index (χ1v) is 2.32. The number of epoxide rings is 1. The van der Waals surface area contributed by atoms with E-state index in [4.69, 9.17) is 10.2 Å². The van der Waals surface area contributed by atoms with Gasteiger partial charge in [0.05, 0.1) is 19.5 Å². The molecule has 0 aliphatic carbocycles. The van der Waals surface area contributed by atoms with E-state index >= 15 is 0 Å². The zero-order chi connectivity index (χ0) is 6.41. The van der Waals surface area contributed by atoms with Gasteiger partial charge in [-0.3, -0.25) is 0 Å². The normalized spacial score (nSPS) is 22.9. The molecular weight excluding hydrogens is 108 g/mol. The van der Waals surface area contributed by atoms with E-state index < -0.39 is 0 Å². The lowest BCUT2D eigenvalue weighted by molar-refractivity contribution is 0.244. The molecule has 1 saturated heterocycles. The molecule has 0 radical (unpaired) electrons. The van der Waals surface area contributed by atoms with E-state index in [-0.39, 0.29) is 12.7 Å². The highest BCUT2D eigenvalue weighted by atomic mass is 16.6. The number of ether oxygens (including phenoxy) is 1. The Hall–Kier alpha value is -0.540. The van der Waals surface area contributed by atoms with E-state index in [1.54, 1.807) is 0 Å². The summed E-state index contributed by atoms with van der Waals surface area (Å²) < 4.78 is 4.61. The summed E-state index contributed by atoms with van der Waals surface area (Å²) in [5.74, 6) is 0. The van der Waals surface area contributed by atoms with Crippen molar-refractivity contribution >= 4 is 0 Å². The minimum Gasteiger partial charge on any atom is -0.516 e. The Morgan fingerprint density at radius 1 is 1.88 bits per heavy atom. The highest BCUT2D eigenvalue weighted by Gasteiger charge is 2.19. The Morgan fingerprint density at radius 3 is 2.25 bits per heavy atom. The van der Waals surface area contributed by atoms with Gasteiger partial charge in [0.25, 0.3) is 0 Å². The summed E-state index contributed by atoms with van der Waals surface area (Å²) in [6, 6.07) is 0. The van der Waals surface area contributed by atoms with Crippen LogP contribution < -0.4 is 0 Å². The van der Waals surface area contributed by atoms with Crippen molar-refractivity contribution in [2.45, 2.75) is 6.10 Å². The van der Waals surface area contributed by atoms with Crippen molar-refractivity contribution in [3.63, 3.8) is 0 Å². The number of aliphatic hydroxyl groups excluding tert-OH is 2. The molecule has 0 amide bonds. The SMILES string of the molecule is C=CO.OCC1CO1. The highest BCUT2D eigenvalue weighted by molar-refractivity contribution is 4.65. The molecule has 1 rings (SSSR count). The van der Waals surface area contributed by atoms with Crippen LogP contribution in [0, 0.1) is 0 Å². The summed E-state index contributed by atoms with van der Waals surface area (Å²) in [7, 11) is 0. The van der Waals surface area contributed by atoms with Gasteiger partial charge in [0.2, 0.25) is 0 Å². The minimum atomic E-state index is 0.190. The van der Waals surface area contributed by atoms with Crippen LogP contribution in [-0.4, -0.2) is 29.5 Å². The second kappa shape index (κ2) is 4.61. The van der Waals surface area contributed by atoms with Gasteiger partial charge < -0.3 is 14.9 Å². The van der Waals surface area contributed by atoms with Crippen LogP contribution in [-0.2, 0) is 4.74 Å². The van der Waals surface area contributed by atoms with Crippen molar-refractivity contribution < 1.29 is 14.9 Å². The molecule has 48 valence electrons. The zero-order valence-electron chi connectivity index (χ0n) is 4.58. The van der Waals surface area contributed by atoms with Crippen LogP contribution >= 0.6 is 0 Å². The first-order valence-electron chi connectivity index (χ1n) is 2.32. The maximum absolute atomic E-state index is 8.08. The number of rotatable bonds is 1. The molecular formula is C5H10O3. The van der Waals surface area contributed by atoms with Crippen LogP contribution in [0.2, 0.25) is 0 Å². The maximum Gasteiger partial charge on any atom is 0.104 e. The molecule has 0 aromatic carbocycles. The van der Waals surface area contributed by atoms with E-state index in [0.29, 0.717) is 0 Å². The monoisotopic (exact) mass is 118 g/mol. The van der Waals surface area contributed by atoms with Crippen molar-refractivity contribution in [1.82, 2.24) is 0 Å². The lowest BCUT2D eigenvalue weighted by atomic mass is 10.5. The van der Waals surface area contributed by atoms with E-state index in [2.05, 4.69) is 11.3 Å². The first kappa shape index (κ1) is 7.46. The van der Waals surface area contributed by atoms with Gasteiger partial charge in [0, 0.05) is 0 Å². The minimum absolute atomic E-state index is 0.190. The molecule has 1 atom stereocenters. The third-order valence-electron chi connectivity index (χ3n) is 0.606. The smallest absolute Gasteiger partial charge is 0.104 e. The molecule has 1 heterocycles. The standard InChI is InChI=1S/C3H6O2.C2H4O/c4-1-3-2-5-3;1-2-3/h3-4H,1-2H2;2-3H,1H2. The molecule has 8 heavy (non-hydrogen) atoms. The van der Waals surface area contributed by atoms with Crippen LogP contribution in [0.1, 0.15) is 0 Å². The van der Waals surface area contributed by atoms with Gasteiger partial charge >= 0.3 is 0 Å². The van der Waals surface area contributed by atoms with Crippen molar-refractivity contribution in [2.24, 2.45) is 0 Å². The van der Waals surface area contributed by atoms with Crippen molar-refractivity contribution in [3.05, 3.63) is 12.8 Å². The summed E-state index contributed by atoms with van der Waals surface area (Å²) >= 11 is 0. The predicted octanol–water partition coefficient (Wildman–Crippen LogP) is 0.0654. The number of aliphatic hydroxyl groups is 2. The first-order chi connectivity index (χ1) is 3.85. The van der Waals surface area contributed by atoms with Crippen LogP contribution in [0.4, 0.5) is 0 Å². The van der Waals surface area contributed by atoms with Gasteiger partial charge in [-0.1, -0.05) is 6.58 Å². The van der Waals surface area contributed by atoms with Crippen molar-refractivity contribution in [2.75, 3.05) is 13.2 Å². The lowest BCUT2D eigenvalue weighted by Gasteiger charge is -1.70. The van der Waals surface area contributed by atoms with E-state index in [9.17, 15) is 0 Å². The van der Waals surface area contributed by atoms with Crippen LogP contribution in [0.3, 0.4) is 0 Å². The van der Waals surface area contributed by atoms with Gasteiger partial charge in [0.1, 0.15) is 6.10 Å². The molecule has 3 heteroatoms. The highest BCUT2D eigenvalue weighted by Crippen LogP contribution is 2.04. The molecule has 0 spiro atoms. The molecule has 3 nitrogen and oxygen atoms in total. The second-order valence-corrected chi connectivity index (χ2v) is 1.32. The summed E-state index contributed by atoms with van der Waals surface area (Å²) in [5.41, 5.74) is 0. The van der Waals surface area contributed by atoms with Crippen molar-refractivity contribution in [3.8, 4) is 0 Å². The molecule has 1 fully saturated rings. The third-order valence-corrected chi connectivity index (χ3v) is 0.606. The van der Waals surface area contributed by atoms with E-state index in [1.165, 1.54) is 0 Å². The van der Waals surface area contributed by atoms with Gasteiger partial charge in [-0.2, -0.15) is 0 Å². The molecule has 1 aliphatic rings. The summed E-state index contributed by atoms with van der Waals surface area (Å²) in [6.45, 7) is 3.87. The molecule has 0 aromatic heterocycles. The second-order valence-electron chi connectivity index (χ2n) is 1.32. The third kappa shape index (κ3) is 5.46. The summed E-state index contributed by atoms with van der Waals surface area (Å²) in [6.07, 6.45) is 0.940. The topological polar surface area (TPSA) is 53.0 Å². The van der Waals surface area contributed by atoms with Gasteiger partial charge in [0.15, 0.2) is 0 Å². The van der Waals surface area contributed by atoms with Crippen molar-refractivity contribution in [1.29, 1.82) is 0 Å². The van der Waals surface area contributed by atoms with Crippen LogP contribution in [0.15, 0.2) is 12.8 Å². The Balaban J connectivity index is 0.000000145. The van der Waals surface area contributed by atoms with Crippen LogP contribution in [0.5, 0.6) is 0 Å². The Bertz CT molecular complexity index is 58.7. The Kier molecular flexibility index (Phi) is 4.30.